The van der Waals surface area contributed by atoms with Crippen LogP contribution in [0.15, 0.2) is 43.0 Å². The molecule has 36 heavy (non-hydrogen) atoms. The summed E-state index contributed by atoms with van der Waals surface area (Å²) in [7, 11) is 0. The summed E-state index contributed by atoms with van der Waals surface area (Å²) in [4.78, 5) is 49.2. The number of nitrogens with zero attached hydrogens (tertiary/aromatic N) is 4. The lowest BCUT2D eigenvalue weighted by atomic mass is 9.70. The zero-order valence-corrected chi connectivity index (χ0v) is 20.6. The highest BCUT2D eigenvalue weighted by atomic mass is 35.5. The summed E-state index contributed by atoms with van der Waals surface area (Å²) >= 11 is 6.12. The Morgan fingerprint density at radius 3 is 2.42 bits per heavy atom. The number of aliphatic hydroxyl groups is 1. The Hall–Kier alpha value is -3.57. The number of halogens is 1. The molecule has 4 rings (SSSR count). The molecule has 0 radical (unpaired) electrons. The third kappa shape index (κ3) is 4.89. The monoisotopic (exact) mass is 516 g/mol. The number of hydrogen-bond donors (Lipinski definition) is 1. The molecule has 5 atom stereocenters. The molecule has 1 fully saturated rings. The highest BCUT2D eigenvalue weighted by Crippen LogP contribution is 2.43. The van der Waals surface area contributed by atoms with E-state index in [1.165, 1.54) is 26.5 Å². The number of ether oxygens (including phenoxy) is 3. The molecular formula is C24H25ClN4O7. The average molecular weight is 517 g/mol. The summed E-state index contributed by atoms with van der Waals surface area (Å²) in [5.74, 6) is -2.01. The second-order valence-electron chi connectivity index (χ2n) is 8.62. The molecule has 0 aliphatic heterocycles. The first-order valence-corrected chi connectivity index (χ1v) is 11.7. The van der Waals surface area contributed by atoms with Crippen LogP contribution in [0.3, 0.4) is 0 Å². The minimum absolute atomic E-state index is 0.136. The smallest absolute Gasteiger partial charge is 0.338 e. The predicted molar refractivity (Wildman–Crippen MR) is 126 cm³/mol. The number of imidazole rings is 1. The van der Waals surface area contributed by atoms with Crippen LogP contribution in [-0.4, -0.2) is 66.4 Å². The van der Waals surface area contributed by atoms with E-state index in [1.807, 2.05) is 0 Å². The van der Waals surface area contributed by atoms with Gasteiger partial charge in [0, 0.05) is 13.8 Å². The predicted octanol–water partition coefficient (Wildman–Crippen LogP) is 2.65. The first-order valence-electron chi connectivity index (χ1n) is 11.3. The largest absolute Gasteiger partial charge is 0.456 e. The van der Waals surface area contributed by atoms with E-state index >= 15 is 0 Å². The Morgan fingerprint density at radius 1 is 1.11 bits per heavy atom. The quantitative estimate of drug-likeness (QED) is 0.269. The average Bonchev–Trinajstić information content (AvgIpc) is 3.28. The Balaban J connectivity index is 1.68. The van der Waals surface area contributed by atoms with Gasteiger partial charge in [-0.2, -0.15) is 0 Å². The third-order valence-electron chi connectivity index (χ3n) is 6.24. The molecule has 1 aromatic carbocycles. The van der Waals surface area contributed by atoms with E-state index in [1.54, 1.807) is 41.8 Å². The van der Waals surface area contributed by atoms with Crippen LogP contribution in [0.5, 0.6) is 0 Å². The standard InChI is InChI=1S/C24H25ClN4O7/c1-13(29-12-28-18-21(25)26-11-27-22(18)29)19(34-14(2)30)20(35-15(3)31)24(33)10-9-17(24)36-23(32)16-7-5-4-6-8-16/h4-8,11-13,17,19-20,33H,9-10H2,1-3H3/t13?,17?,19?,20?,24-/m0/s1. The van der Waals surface area contributed by atoms with Gasteiger partial charge >= 0.3 is 17.9 Å². The summed E-state index contributed by atoms with van der Waals surface area (Å²) in [6.07, 6.45) is -0.401. The lowest BCUT2D eigenvalue weighted by Crippen LogP contribution is -2.66. The number of carbonyl (C=O) groups excluding carboxylic acids is 3. The van der Waals surface area contributed by atoms with Crippen LogP contribution in [0.4, 0.5) is 0 Å². The molecule has 11 nitrogen and oxygen atoms in total. The number of esters is 3. The Bertz CT molecular complexity index is 1280. The van der Waals surface area contributed by atoms with Crippen LogP contribution in [0.1, 0.15) is 50.0 Å². The number of rotatable bonds is 8. The van der Waals surface area contributed by atoms with E-state index in [0.29, 0.717) is 23.1 Å². The summed E-state index contributed by atoms with van der Waals surface area (Å²) in [5, 5.41) is 11.8. The number of aromatic nitrogens is 4. The van der Waals surface area contributed by atoms with E-state index in [2.05, 4.69) is 15.0 Å². The molecular weight excluding hydrogens is 492 g/mol. The van der Waals surface area contributed by atoms with Crippen molar-refractivity contribution in [2.45, 2.75) is 63.6 Å². The van der Waals surface area contributed by atoms with Crippen molar-refractivity contribution < 1.29 is 33.7 Å². The maximum absolute atomic E-state index is 12.7. The zero-order valence-electron chi connectivity index (χ0n) is 19.8. The molecule has 1 aliphatic carbocycles. The highest BCUT2D eigenvalue weighted by molar-refractivity contribution is 6.33. The van der Waals surface area contributed by atoms with Crippen molar-refractivity contribution in [1.29, 1.82) is 0 Å². The van der Waals surface area contributed by atoms with E-state index in [4.69, 9.17) is 25.8 Å². The van der Waals surface area contributed by atoms with Crippen LogP contribution in [0.2, 0.25) is 5.15 Å². The minimum Gasteiger partial charge on any atom is -0.456 e. The van der Waals surface area contributed by atoms with Crippen LogP contribution >= 0.6 is 11.6 Å². The van der Waals surface area contributed by atoms with E-state index in [0.717, 1.165) is 0 Å². The van der Waals surface area contributed by atoms with E-state index in [9.17, 15) is 19.5 Å². The molecule has 2 aromatic heterocycles. The van der Waals surface area contributed by atoms with Crippen LogP contribution in [0.25, 0.3) is 11.2 Å². The molecule has 4 unspecified atom stereocenters. The van der Waals surface area contributed by atoms with Gasteiger partial charge in [-0.1, -0.05) is 29.8 Å². The maximum Gasteiger partial charge on any atom is 0.338 e. The van der Waals surface area contributed by atoms with Crippen LogP contribution < -0.4 is 0 Å². The van der Waals surface area contributed by atoms with Gasteiger partial charge in [0.25, 0.3) is 0 Å². The Kier molecular flexibility index (Phi) is 7.23. The topological polar surface area (TPSA) is 143 Å². The van der Waals surface area contributed by atoms with Gasteiger partial charge in [0.15, 0.2) is 23.0 Å². The molecule has 0 spiro atoms. The molecule has 0 saturated heterocycles. The van der Waals surface area contributed by atoms with Crippen molar-refractivity contribution in [2.24, 2.45) is 0 Å². The lowest BCUT2D eigenvalue weighted by Gasteiger charge is -2.50. The van der Waals surface area contributed by atoms with Crippen molar-refractivity contribution in [2.75, 3.05) is 0 Å². The molecule has 0 bridgehead atoms. The fourth-order valence-corrected chi connectivity index (χ4v) is 4.51. The number of carbonyl (C=O) groups is 3. The minimum atomic E-state index is -1.81. The maximum atomic E-state index is 12.7. The van der Waals surface area contributed by atoms with Crippen molar-refractivity contribution >= 4 is 40.7 Å². The van der Waals surface area contributed by atoms with Gasteiger partial charge in [-0.3, -0.25) is 9.59 Å². The van der Waals surface area contributed by atoms with Gasteiger partial charge in [-0.15, -0.1) is 0 Å². The molecule has 2 heterocycles. The van der Waals surface area contributed by atoms with E-state index in [-0.39, 0.29) is 11.6 Å². The second-order valence-corrected chi connectivity index (χ2v) is 8.98. The number of benzene rings is 1. The zero-order chi connectivity index (χ0) is 26.0. The number of fused-ring (bicyclic) bond motifs is 1. The first-order chi connectivity index (χ1) is 17.1. The molecule has 190 valence electrons. The third-order valence-corrected chi connectivity index (χ3v) is 6.51. The Morgan fingerprint density at radius 2 is 1.81 bits per heavy atom. The number of hydrogen-bond acceptors (Lipinski definition) is 10. The van der Waals surface area contributed by atoms with Crippen molar-refractivity contribution in [1.82, 2.24) is 19.5 Å². The molecule has 0 amide bonds. The van der Waals surface area contributed by atoms with Gasteiger partial charge in [-0.05, 0) is 31.9 Å². The molecule has 1 N–H and O–H groups in total. The van der Waals surface area contributed by atoms with Crippen molar-refractivity contribution in [3.05, 3.63) is 53.7 Å². The summed E-state index contributed by atoms with van der Waals surface area (Å²) in [6.45, 7) is 4.07. The molecule has 1 saturated carbocycles. The fourth-order valence-electron chi connectivity index (χ4n) is 4.33. The lowest BCUT2D eigenvalue weighted by molar-refractivity contribution is -0.242. The van der Waals surface area contributed by atoms with Gasteiger partial charge in [-0.25, -0.2) is 19.7 Å². The van der Waals surface area contributed by atoms with Gasteiger partial charge < -0.3 is 23.9 Å². The SMILES string of the molecule is CC(=O)OC(C(C)n1cnc2c(Cl)ncnc21)C(OC(C)=O)[C@]1(O)CCC1OC(=O)c1ccccc1. The second kappa shape index (κ2) is 10.2. The molecule has 12 heteroatoms. The van der Waals surface area contributed by atoms with Gasteiger partial charge in [0.2, 0.25) is 0 Å². The fraction of sp³-hybridized carbons (Fsp3) is 0.417. The molecule has 1 aliphatic rings. The van der Waals surface area contributed by atoms with Crippen LogP contribution in [0, 0.1) is 0 Å². The van der Waals surface area contributed by atoms with Gasteiger partial charge in [0.1, 0.15) is 23.5 Å². The van der Waals surface area contributed by atoms with Crippen molar-refractivity contribution in [3.8, 4) is 0 Å². The highest BCUT2D eigenvalue weighted by Gasteiger charge is 2.59. The first kappa shape index (κ1) is 25.5. The van der Waals surface area contributed by atoms with Crippen molar-refractivity contribution in [3.63, 3.8) is 0 Å². The Labute approximate surface area is 211 Å². The summed E-state index contributed by atoms with van der Waals surface area (Å²) in [5.41, 5.74) is -0.822. The molecule has 3 aromatic rings. The van der Waals surface area contributed by atoms with E-state index < -0.39 is 47.9 Å². The summed E-state index contributed by atoms with van der Waals surface area (Å²) < 4.78 is 18.3. The normalized spacial score (nSPS) is 21.6. The summed E-state index contributed by atoms with van der Waals surface area (Å²) in [6, 6.07) is 7.58. The van der Waals surface area contributed by atoms with Crippen LogP contribution in [-0.2, 0) is 23.8 Å². The van der Waals surface area contributed by atoms with Gasteiger partial charge in [0.05, 0.1) is 17.9 Å².